The summed E-state index contributed by atoms with van der Waals surface area (Å²) in [5.74, 6) is -1.29. The number of nitrogens with one attached hydrogen (secondary N) is 3. The van der Waals surface area contributed by atoms with Crippen LogP contribution in [0.1, 0.15) is 55.5 Å². The van der Waals surface area contributed by atoms with Crippen molar-refractivity contribution in [2.75, 3.05) is 23.8 Å². The number of rotatable bonds is 13. The van der Waals surface area contributed by atoms with Crippen LogP contribution in [0.5, 0.6) is 6.01 Å². The second-order valence-electron chi connectivity index (χ2n) is 11.8. The number of ether oxygens (including phenoxy) is 1. The van der Waals surface area contributed by atoms with Gasteiger partial charge in [-0.05, 0) is 81.5 Å². The third kappa shape index (κ3) is 8.39. The summed E-state index contributed by atoms with van der Waals surface area (Å²) in [6, 6.07) is 11.9. The Morgan fingerprint density at radius 1 is 1.00 bits per heavy atom. The number of benzene rings is 2. The molecule has 1 aromatic heterocycles. The van der Waals surface area contributed by atoms with Crippen molar-refractivity contribution in [3.63, 3.8) is 0 Å². The smallest absolute Gasteiger partial charge is 0.422 e. The molecule has 2 aliphatic carbocycles. The summed E-state index contributed by atoms with van der Waals surface area (Å²) in [5.41, 5.74) is -0.0567. The number of halogens is 4. The van der Waals surface area contributed by atoms with E-state index in [1.807, 2.05) is 12.1 Å². The normalized spacial score (nSPS) is 16.3. The zero-order valence-electron chi connectivity index (χ0n) is 25.3. The fraction of sp³-hybridized carbons (Fsp3) is 0.414. The Morgan fingerprint density at radius 2 is 1.62 bits per heavy atom. The van der Waals surface area contributed by atoms with Gasteiger partial charge >= 0.3 is 22.4 Å². The fourth-order valence-electron chi connectivity index (χ4n) is 4.95. The van der Waals surface area contributed by atoms with E-state index in [0.29, 0.717) is 27.9 Å². The molecule has 0 aliphatic heterocycles. The van der Waals surface area contributed by atoms with Gasteiger partial charge in [0.15, 0.2) is 6.61 Å². The number of alkyl halides is 3. The Kier molecular flexibility index (Phi) is 9.27. The lowest BCUT2D eigenvalue weighted by molar-refractivity contribution is -0.154. The molecule has 1 heterocycles. The molecule has 0 radical (unpaired) electrons. The quantitative estimate of drug-likeness (QED) is 0.202. The molecular formula is C29H32ClF3N8O5S. The maximum absolute atomic E-state index is 13.0. The molecular weight excluding hydrogens is 665 g/mol. The van der Waals surface area contributed by atoms with Gasteiger partial charge < -0.3 is 20.7 Å². The van der Waals surface area contributed by atoms with Gasteiger partial charge in [-0.2, -0.15) is 36.5 Å². The van der Waals surface area contributed by atoms with E-state index < -0.39 is 57.8 Å². The van der Waals surface area contributed by atoms with Crippen LogP contribution in [0.4, 0.5) is 30.8 Å². The standard InChI is InChI=1S/C29H32ClF3N8O5S/c1-17(2)41(47(34,44)45)23(43)27(11-12-27)15-35-22(42)18-3-9-21(10-4-18)36-24-37-25(39-26(38-24)46-16-29(31,32)33)40-28(13-14-28)19-5-7-20(30)8-6-19/h3-10,17H,11-16H2,1-2H3,(H,35,42)(H2,34,44,45)(H2,36,37,38,39,40). The lowest BCUT2D eigenvalue weighted by Crippen LogP contribution is -2.51. The van der Waals surface area contributed by atoms with Crippen LogP contribution in [0.3, 0.4) is 0 Å². The summed E-state index contributed by atoms with van der Waals surface area (Å²) >= 11 is 6.01. The minimum absolute atomic E-state index is 0.00913. The number of carbonyl (C=O) groups excluding carboxylic acids is 2. The maximum Gasteiger partial charge on any atom is 0.422 e. The molecule has 2 saturated carbocycles. The number of hydrogen-bond acceptors (Lipinski definition) is 10. The Labute approximate surface area is 273 Å². The van der Waals surface area contributed by atoms with Crippen molar-refractivity contribution in [2.45, 2.75) is 57.3 Å². The first kappa shape index (κ1) is 34.1. The lowest BCUT2D eigenvalue weighted by Gasteiger charge is -2.28. The van der Waals surface area contributed by atoms with Crippen molar-refractivity contribution < 1.29 is 35.9 Å². The van der Waals surface area contributed by atoms with Crippen LogP contribution >= 0.6 is 11.6 Å². The molecule has 0 spiro atoms. The van der Waals surface area contributed by atoms with Crippen molar-refractivity contribution in [2.24, 2.45) is 10.6 Å². The van der Waals surface area contributed by atoms with E-state index in [0.717, 1.165) is 18.4 Å². The number of nitrogens with two attached hydrogens (primary N) is 1. The molecule has 2 aromatic carbocycles. The first-order valence-corrected chi connectivity index (χ1v) is 16.4. The van der Waals surface area contributed by atoms with Crippen LogP contribution in [0, 0.1) is 5.41 Å². The molecule has 2 amide bonds. The molecule has 0 saturated heterocycles. The van der Waals surface area contributed by atoms with Crippen molar-refractivity contribution in [1.82, 2.24) is 24.6 Å². The number of nitrogens with zero attached hydrogens (tertiary/aromatic N) is 4. The highest BCUT2D eigenvalue weighted by Gasteiger charge is 2.54. The monoisotopic (exact) mass is 696 g/mol. The third-order valence-electron chi connectivity index (χ3n) is 7.72. The molecule has 0 bridgehead atoms. The van der Waals surface area contributed by atoms with Crippen LogP contribution in [-0.2, 0) is 20.5 Å². The Bertz CT molecular complexity index is 1750. The Hall–Kier alpha value is -4.22. The molecule has 47 heavy (non-hydrogen) atoms. The van der Waals surface area contributed by atoms with Crippen LogP contribution in [0.15, 0.2) is 48.5 Å². The van der Waals surface area contributed by atoms with Gasteiger partial charge in [-0.15, -0.1) is 0 Å². The van der Waals surface area contributed by atoms with Gasteiger partial charge in [-0.3, -0.25) is 9.59 Å². The molecule has 18 heteroatoms. The van der Waals surface area contributed by atoms with Gasteiger partial charge in [0.25, 0.3) is 5.91 Å². The predicted molar refractivity (Wildman–Crippen MR) is 166 cm³/mol. The number of aromatic nitrogens is 3. The Morgan fingerprint density at radius 3 is 2.15 bits per heavy atom. The largest absolute Gasteiger partial charge is 0.454 e. The molecule has 5 rings (SSSR count). The van der Waals surface area contributed by atoms with Crippen molar-refractivity contribution >= 4 is 51.2 Å². The third-order valence-corrected chi connectivity index (χ3v) is 9.11. The first-order valence-electron chi connectivity index (χ1n) is 14.5. The minimum Gasteiger partial charge on any atom is -0.454 e. The highest BCUT2D eigenvalue weighted by Crippen LogP contribution is 2.48. The summed E-state index contributed by atoms with van der Waals surface area (Å²) < 4.78 is 68.0. The SMILES string of the molecule is CC(C)N(C(=O)C1(CNC(=O)c2ccc(Nc3nc(NC4(c5ccc(Cl)cc5)CC4)nc(OCC(F)(F)F)n3)cc2)CC1)S(N)(=O)=O. The van der Waals surface area contributed by atoms with Gasteiger partial charge in [0.05, 0.1) is 11.0 Å². The molecule has 5 N–H and O–H groups in total. The first-order chi connectivity index (χ1) is 22.0. The zero-order valence-corrected chi connectivity index (χ0v) is 26.8. The van der Waals surface area contributed by atoms with Gasteiger partial charge in [0.2, 0.25) is 17.8 Å². The molecule has 2 aliphatic rings. The molecule has 0 atom stereocenters. The fourth-order valence-corrected chi connectivity index (χ4v) is 6.09. The van der Waals surface area contributed by atoms with E-state index in [9.17, 15) is 31.2 Å². The Balaban J connectivity index is 1.27. The van der Waals surface area contributed by atoms with E-state index in [4.69, 9.17) is 21.5 Å². The summed E-state index contributed by atoms with van der Waals surface area (Å²) in [6.45, 7) is 1.37. The van der Waals surface area contributed by atoms with E-state index in [1.165, 1.54) is 38.1 Å². The van der Waals surface area contributed by atoms with E-state index >= 15 is 0 Å². The van der Waals surface area contributed by atoms with Gasteiger partial charge in [0.1, 0.15) is 0 Å². The van der Waals surface area contributed by atoms with Gasteiger partial charge in [-0.25, -0.2) is 9.44 Å². The second-order valence-corrected chi connectivity index (χ2v) is 13.6. The topological polar surface area (TPSA) is 182 Å². The molecule has 3 aromatic rings. The average Bonchev–Trinajstić information content (AvgIpc) is 3.91. The van der Waals surface area contributed by atoms with E-state index in [1.54, 1.807) is 12.1 Å². The maximum atomic E-state index is 13.0. The van der Waals surface area contributed by atoms with Crippen molar-refractivity contribution in [3.8, 4) is 6.01 Å². The van der Waals surface area contributed by atoms with Crippen molar-refractivity contribution in [3.05, 3.63) is 64.7 Å². The zero-order chi connectivity index (χ0) is 34.2. The highest BCUT2D eigenvalue weighted by molar-refractivity contribution is 7.87. The van der Waals surface area contributed by atoms with Crippen LogP contribution < -0.4 is 25.8 Å². The van der Waals surface area contributed by atoms with Crippen LogP contribution in [0.25, 0.3) is 0 Å². The summed E-state index contributed by atoms with van der Waals surface area (Å²) in [4.78, 5) is 38.2. The average molecular weight is 697 g/mol. The second kappa shape index (κ2) is 12.8. The van der Waals surface area contributed by atoms with E-state index in [2.05, 4.69) is 30.9 Å². The highest BCUT2D eigenvalue weighted by atomic mass is 35.5. The number of amides is 2. The van der Waals surface area contributed by atoms with Crippen molar-refractivity contribution in [1.29, 1.82) is 0 Å². The summed E-state index contributed by atoms with van der Waals surface area (Å²) in [6.07, 6.45) is -2.38. The van der Waals surface area contributed by atoms with Gasteiger partial charge in [0, 0.05) is 28.9 Å². The van der Waals surface area contributed by atoms with Crippen LogP contribution in [-0.4, -0.2) is 64.9 Å². The van der Waals surface area contributed by atoms with Crippen LogP contribution in [0.2, 0.25) is 5.02 Å². The number of hydrogen-bond donors (Lipinski definition) is 4. The molecule has 2 fully saturated rings. The molecule has 13 nitrogen and oxygen atoms in total. The van der Waals surface area contributed by atoms with E-state index in [-0.39, 0.29) is 24.0 Å². The molecule has 0 unspecified atom stereocenters. The lowest BCUT2D eigenvalue weighted by atomic mass is 10.1. The minimum atomic E-state index is -4.62. The number of carbonyl (C=O) groups is 2. The summed E-state index contributed by atoms with van der Waals surface area (Å²) in [7, 11) is -4.28. The molecule has 252 valence electrons. The predicted octanol–water partition coefficient (Wildman–Crippen LogP) is 4.26. The summed E-state index contributed by atoms with van der Waals surface area (Å²) in [5, 5.41) is 14.6. The van der Waals surface area contributed by atoms with Gasteiger partial charge in [-0.1, -0.05) is 23.7 Å². The number of anilines is 3.